The van der Waals surface area contributed by atoms with Crippen LogP contribution in [-0.4, -0.2) is 56.9 Å². The molecule has 1 amide bonds. The van der Waals surface area contributed by atoms with Crippen LogP contribution >= 0.6 is 23.7 Å². The van der Waals surface area contributed by atoms with Gasteiger partial charge in [-0.15, -0.1) is 23.7 Å². The number of unbranched alkanes of at least 4 members (excludes halogenated alkanes) is 3. The van der Waals surface area contributed by atoms with E-state index >= 15 is 0 Å². The fraction of sp³-hybridized carbons (Fsp3) is 0.524. The van der Waals surface area contributed by atoms with E-state index < -0.39 is 18.2 Å². The molecule has 1 fully saturated rings. The van der Waals surface area contributed by atoms with Crippen LogP contribution < -0.4 is 20.7 Å². The Bertz CT molecular complexity index is 866. The van der Waals surface area contributed by atoms with Gasteiger partial charge in [0.25, 0.3) is 5.91 Å². The molecule has 0 unspecified atom stereocenters. The number of morpholine rings is 1. The summed E-state index contributed by atoms with van der Waals surface area (Å²) in [6.07, 6.45) is 3.77. The fourth-order valence-corrected chi connectivity index (χ4v) is 4.08. The fourth-order valence-electron chi connectivity index (χ4n) is 3.20. The van der Waals surface area contributed by atoms with E-state index in [1.807, 2.05) is 0 Å². The van der Waals surface area contributed by atoms with Gasteiger partial charge in [-0.3, -0.25) is 4.79 Å². The molecule has 0 spiro atoms. The summed E-state index contributed by atoms with van der Waals surface area (Å²) in [6, 6.07) is 2.45. The lowest BCUT2D eigenvalue weighted by Crippen LogP contribution is -2.36. The van der Waals surface area contributed by atoms with E-state index in [-0.39, 0.29) is 24.1 Å². The lowest BCUT2D eigenvalue weighted by atomic mass is 10.1. The molecule has 1 aromatic carbocycles. The second-order valence-corrected chi connectivity index (χ2v) is 8.03. The first-order valence-electron chi connectivity index (χ1n) is 10.5. The third kappa shape index (κ3) is 7.26. The number of thiazole rings is 1. The van der Waals surface area contributed by atoms with Crippen LogP contribution in [-0.2, 0) is 9.53 Å². The van der Waals surface area contributed by atoms with Gasteiger partial charge >= 0.3 is 0 Å². The highest BCUT2D eigenvalue weighted by atomic mass is 35.5. The third-order valence-electron chi connectivity index (χ3n) is 4.90. The van der Waals surface area contributed by atoms with E-state index in [0.717, 1.165) is 50.0 Å². The van der Waals surface area contributed by atoms with Crippen LogP contribution in [0.4, 0.5) is 13.9 Å². The van der Waals surface area contributed by atoms with Gasteiger partial charge in [-0.1, -0.05) is 12.8 Å². The maximum Gasteiger partial charge on any atom is 0.257 e. The monoisotopic (exact) mass is 490 g/mol. The minimum atomic E-state index is -1.13. The van der Waals surface area contributed by atoms with E-state index in [4.69, 9.17) is 15.2 Å². The molecule has 178 valence electrons. The molecule has 7 nitrogen and oxygen atoms in total. The number of ether oxygens (including phenoxy) is 2. The summed E-state index contributed by atoms with van der Waals surface area (Å²) in [4.78, 5) is 18.7. The molecule has 2 heterocycles. The van der Waals surface area contributed by atoms with Gasteiger partial charge in [0.2, 0.25) is 5.82 Å². The summed E-state index contributed by atoms with van der Waals surface area (Å²) in [7, 11) is 0. The Morgan fingerprint density at radius 2 is 1.97 bits per heavy atom. The smallest absolute Gasteiger partial charge is 0.257 e. The SMILES string of the molecule is Cl.NCCCCCCNC(=O)COc1c(-c2csc(N3CCOCC3)n2)ccc(F)c1F. The number of benzene rings is 1. The van der Waals surface area contributed by atoms with Gasteiger partial charge in [-0.25, -0.2) is 9.37 Å². The van der Waals surface area contributed by atoms with Gasteiger partial charge in [0.05, 0.1) is 18.9 Å². The average molecular weight is 491 g/mol. The van der Waals surface area contributed by atoms with Crippen molar-refractivity contribution < 1.29 is 23.0 Å². The topological polar surface area (TPSA) is 89.7 Å². The van der Waals surface area contributed by atoms with Crippen molar-refractivity contribution in [2.45, 2.75) is 25.7 Å². The molecule has 3 rings (SSSR count). The number of aromatic nitrogens is 1. The second-order valence-electron chi connectivity index (χ2n) is 7.19. The molecule has 0 aliphatic carbocycles. The largest absolute Gasteiger partial charge is 0.480 e. The highest BCUT2D eigenvalue weighted by Crippen LogP contribution is 2.36. The first kappa shape index (κ1) is 26.2. The van der Waals surface area contributed by atoms with Gasteiger partial charge in [-0.05, 0) is 31.5 Å². The number of hydrogen-bond donors (Lipinski definition) is 2. The minimum Gasteiger partial charge on any atom is -0.480 e. The van der Waals surface area contributed by atoms with Crippen LogP contribution in [0.1, 0.15) is 25.7 Å². The normalized spacial score (nSPS) is 13.5. The predicted octanol–water partition coefficient (Wildman–Crippen LogP) is 3.36. The highest BCUT2D eigenvalue weighted by Gasteiger charge is 2.21. The molecule has 0 radical (unpaired) electrons. The third-order valence-corrected chi connectivity index (χ3v) is 5.80. The Labute approximate surface area is 196 Å². The zero-order chi connectivity index (χ0) is 22.1. The number of rotatable bonds is 11. The summed E-state index contributed by atoms with van der Waals surface area (Å²) >= 11 is 1.41. The molecule has 1 aromatic heterocycles. The molecule has 32 heavy (non-hydrogen) atoms. The predicted molar refractivity (Wildman–Crippen MR) is 124 cm³/mol. The molecular formula is C21H29ClF2N4O3S. The number of anilines is 1. The summed E-state index contributed by atoms with van der Waals surface area (Å²) in [5.74, 6) is -2.87. The second kappa shape index (κ2) is 13.5. The van der Waals surface area contributed by atoms with E-state index in [2.05, 4.69) is 15.2 Å². The van der Waals surface area contributed by atoms with Crippen molar-refractivity contribution in [3.8, 4) is 17.0 Å². The van der Waals surface area contributed by atoms with E-state index in [1.54, 1.807) is 5.38 Å². The average Bonchev–Trinajstić information content (AvgIpc) is 3.28. The van der Waals surface area contributed by atoms with Gasteiger partial charge in [0.15, 0.2) is 23.3 Å². The van der Waals surface area contributed by atoms with Crippen LogP contribution in [0, 0.1) is 11.6 Å². The van der Waals surface area contributed by atoms with Crippen molar-refractivity contribution >= 4 is 34.8 Å². The number of nitrogens with zero attached hydrogens (tertiary/aromatic N) is 2. The van der Waals surface area contributed by atoms with Crippen LogP contribution in [0.25, 0.3) is 11.3 Å². The van der Waals surface area contributed by atoms with Gasteiger partial charge in [0, 0.05) is 30.6 Å². The Hall–Kier alpha value is -2.01. The molecule has 0 bridgehead atoms. The first-order valence-corrected chi connectivity index (χ1v) is 11.3. The maximum absolute atomic E-state index is 14.5. The molecular weight excluding hydrogens is 462 g/mol. The Morgan fingerprint density at radius 3 is 2.72 bits per heavy atom. The Morgan fingerprint density at radius 1 is 1.22 bits per heavy atom. The molecule has 1 saturated heterocycles. The summed E-state index contributed by atoms with van der Waals surface area (Å²) < 4.78 is 39.1. The molecule has 1 aliphatic heterocycles. The van der Waals surface area contributed by atoms with Crippen molar-refractivity contribution in [2.75, 3.05) is 50.9 Å². The van der Waals surface area contributed by atoms with Crippen molar-refractivity contribution in [1.82, 2.24) is 10.3 Å². The maximum atomic E-state index is 14.5. The molecule has 2 aromatic rings. The quantitative estimate of drug-likeness (QED) is 0.469. The van der Waals surface area contributed by atoms with Crippen LogP contribution in [0.15, 0.2) is 17.5 Å². The number of carbonyl (C=O) groups excluding carboxylic acids is 1. The number of hydrogen-bond acceptors (Lipinski definition) is 7. The number of halogens is 3. The Kier molecular flexibility index (Phi) is 11.1. The lowest BCUT2D eigenvalue weighted by molar-refractivity contribution is -0.123. The van der Waals surface area contributed by atoms with E-state index in [1.165, 1.54) is 17.4 Å². The number of carbonyl (C=O) groups is 1. The van der Waals surface area contributed by atoms with Gasteiger partial charge in [-0.2, -0.15) is 4.39 Å². The van der Waals surface area contributed by atoms with Crippen molar-refractivity contribution in [3.05, 3.63) is 29.1 Å². The van der Waals surface area contributed by atoms with Crippen LogP contribution in [0.2, 0.25) is 0 Å². The Balaban J connectivity index is 0.00000363. The lowest BCUT2D eigenvalue weighted by Gasteiger charge is -2.26. The molecule has 1 aliphatic rings. The van der Waals surface area contributed by atoms with Crippen molar-refractivity contribution in [2.24, 2.45) is 5.73 Å². The highest BCUT2D eigenvalue weighted by molar-refractivity contribution is 7.14. The van der Waals surface area contributed by atoms with Crippen LogP contribution in [0.3, 0.4) is 0 Å². The summed E-state index contributed by atoms with van der Waals surface area (Å²) in [6.45, 7) is 3.44. The molecule has 0 atom stereocenters. The number of nitrogens with two attached hydrogens (primary N) is 1. The molecule has 0 saturated carbocycles. The van der Waals surface area contributed by atoms with E-state index in [0.29, 0.717) is 37.6 Å². The number of nitrogens with one attached hydrogen (secondary N) is 1. The van der Waals surface area contributed by atoms with Crippen LogP contribution in [0.5, 0.6) is 5.75 Å². The van der Waals surface area contributed by atoms with Crippen molar-refractivity contribution in [3.63, 3.8) is 0 Å². The van der Waals surface area contributed by atoms with Crippen molar-refractivity contribution in [1.29, 1.82) is 0 Å². The first-order chi connectivity index (χ1) is 15.1. The van der Waals surface area contributed by atoms with Gasteiger partial charge in [0.1, 0.15) is 0 Å². The minimum absolute atomic E-state index is 0. The number of amides is 1. The van der Waals surface area contributed by atoms with E-state index in [9.17, 15) is 13.6 Å². The summed E-state index contributed by atoms with van der Waals surface area (Å²) in [5.41, 5.74) is 6.23. The zero-order valence-electron chi connectivity index (χ0n) is 17.8. The standard InChI is InChI=1S/C21H28F2N4O3S.ClH/c22-16-6-5-15(17-14-31-21(26-17)27-9-11-29-12-10-27)20(19(16)23)30-13-18(28)25-8-4-2-1-3-7-24;/h5-6,14H,1-4,7-13,24H2,(H,25,28);1H. The van der Waals surface area contributed by atoms with Gasteiger partial charge < -0.3 is 25.4 Å². The molecule has 11 heteroatoms. The molecule has 3 N–H and O–H groups in total. The zero-order valence-corrected chi connectivity index (χ0v) is 19.4. The summed E-state index contributed by atoms with van der Waals surface area (Å²) in [5, 5.41) is 5.28.